The molecule has 0 atom stereocenters. The highest BCUT2D eigenvalue weighted by Crippen LogP contribution is 2.12. The zero-order valence-corrected chi connectivity index (χ0v) is 8.19. The van der Waals surface area contributed by atoms with Gasteiger partial charge in [-0.2, -0.15) is 0 Å². The molecule has 0 aliphatic carbocycles. The summed E-state index contributed by atoms with van der Waals surface area (Å²) in [5, 5.41) is 0. The van der Waals surface area contributed by atoms with Crippen LogP contribution in [0.3, 0.4) is 0 Å². The topological polar surface area (TPSA) is 46.2 Å². The van der Waals surface area contributed by atoms with Crippen molar-refractivity contribution in [3.8, 4) is 0 Å². The van der Waals surface area contributed by atoms with E-state index >= 15 is 0 Å². The molecule has 0 aliphatic rings. The minimum Gasteiger partial charge on any atom is -0.214 e. The molecule has 12 heavy (non-hydrogen) atoms. The number of rotatable bonds is 2. The van der Waals surface area contributed by atoms with Crippen molar-refractivity contribution in [2.24, 2.45) is 0 Å². The first-order chi connectivity index (χ1) is 5.56. The second-order valence-electron chi connectivity index (χ2n) is 2.20. The third-order valence-electron chi connectivity index (χ3n) is 1.40. The van der Waals surface area contributed by atoms with Crippen molar-refractivity contribution < 1.29 is 8.42 Å². The van der Waals surface area contributed by atoms with Crippen LogP contribution in [0.4, 0.5) is 0 Å². The van der Waals surface area contributed by atoms with Gasteiger partial charge in [0.25, 0.3) is 0 Å². The van der Waals surface area contributed by atoms with E-state index in [9.17, 15) is 8.42 Å². The van der Waals surface area contributed by atoms with Gasteiger partial charge in [0.15, 0.2) is 0 Å². The summed E-state index contributed by atoms with van der Waals surface area (Å²) < 4.78 is 24.6. The van der Waals surface area contributed by atoms with E-state index in [-0.39, 0.29) is 4.90 Å². The molecule has 0 spiro atoms. The third kappa shape index (κ3) is 2.00. The lowest BCUT2D eigenvalue weighted by atomic mass is 10.4. The van der Waals surface area contributed by atoms with Crippen LogP contribution in [0.25, 0.3) is 0 Å². The quantitative estimate of drug-likeness (QED) is 0.701. The van der Waals surface area contributed by atoms with Crippen LogP contribution in [-0.2, 0) is 10.0 Å². The van der Waals surface area contributed by atoms with Gasteiger partial charge in [-0.1, -0.05) is 6.07 Å². The molecular weight excluding hydrogens is 194 g/mol. The Hall–Kier alpha value is -0.520. The van der Waals surface area contributed by atoms with Gasteiger partial charge in [0.05, 0.1) is 4.90 Å². The number of thiol groups is 1. The van der Waals surface area contributed by atoms with Crippen LogP contribution in [0.5, 0.6) is 0 Å². The Labute approximate surface area is 77.3 Å². The molecule has 66 valence electrons. The van der Waals surface area contributed by atoms with E-state index < -0.39 is 10.0 Å². The van der Waals surface area contributed by atoms with E-state index in [1.54, 1.807) is 12.1 Å². The molecule has 0 saturated carbocycles. The Morgan fingerprint density at radius 3 is 2.58 bits per heavy atom. The van der Waals surface area contributed by atoms with Crippen LogP contribution in [0.1, 0.15) is 0 Å². The van der Waals surface area contributed by atoms with Crippen LogP contribution in [0, 0.1) is 0 Å². The zero-order valence-electron chi connectivity index (χ0n) is 6.48. The molecule has 0 aliphatic heterocycles. The maximum Gasteiger partial charge on any atom is 0.240 e. The molecule has 0 bridgehead atoms. The van der Waals surface area contributed by atoms with Crippen LogP contribution in [-0.4, -0.2) is 15.5 Å². The molecule has 0 heterocycles. The molecule has 0 fully saturated rings. The monoisotopic (exact) mass is 203 g/mol. The molecule has 1 rings (SSSR count). The molecule has 1 N–H and O–H groups in total. The van der Waals surface area contributed by atoms with E-state index in [0.29, 0.717) is 4.90 Å². The average Bonchev–Trinajstić information content (AvgIpc) is 2.05. The lowest BCUT2D eigenvalue weighted by molar-refractivity contribution is 0.588. The Morgan fingerprint density at radius 1 is 1.42 bits per heavy atom. The Kier molecular flexibility index (Phi) is 2.76. The molecule has 0 radical (unpaired) electrons. The first kappa shape index (κ1) is 9.57. The summed E-state index contributed by atoms with van der Waals surface area (Å²) in [6, 6.07) is 6.38. The van der Waals surface area contributed by atoms with Gasteiger partial charge in [-0.3, -0.25) is 0 Å². The number of hydrogen-bond donors (Lipinski definition) is 2. The summed E-state index contributed by atoms with van der Waals surface area (Å²) in [6.07, 6.45) is 0. The summed E-state index contributed by atoms with van der Waals surface area (Å²) in [7, 11) is -1.94. The predicted octanol–water partition coefficient (Wildman–Crippen LogP) is 0.883. The van der Waals surface area contributed by atoms with Gasteiger partial charge in [0.1, 0.15) is 0 Å². The minimum atomic E-state index is -3.32. The van der Waals surface area contributed by atoms with Gasteiger partial charge in [-0.15, -0.1) is 12.6 Å². The number of nitrogens with one attached hydrogen (secondary N) is 1. The molecule has 5 heteroatoms. The van der Waals surface area contributed by atoms with Crippen molar-refractivity contribution in [2.75, 3.05) is 7.05 Å². The van der Waals surface area contributed by atoms with Crippen LogP contribution in [0.15, 0.2) is 34.1 Å². The van der Waals surface area contributed by atoms with Crippen molar-refractivity contribution in [1.82, 2.24) is 4.72 Å². The summed E-state index contributed by atoms with van der Waals surface area (Å²) in [5.74, 6) is 0. The molecule has 0 amide bonds. The lowest BCUT2D eigenvalue weighted by Crippen LogP contribution is -2.18. The second-order valence-corrected chi connectivity index (χ2v) is 4.61. The summed E-state index contributed by atoms with van der Waals surface area (Å²) >= 11 is 4.03. The highest BCUT2D eigenvalue weighted by molar-refractivity contribution is 7.89. The van der Waals surface area contributed by atoms with Crippen LogP contribution >= 0.6 is 12.6 Å². The standard InChI is InChI=1S/C7H9NO2S2/c1-8-12(9,10)7-4-2-3-6(11)5-7/h2-5,8,11H,1H3. The molecular formula is C7H9NO2S2. The Bertz CT molecular complexity index is 373. The highest BCUT2D eigenvalue weighted by Gasteiger charge is 2.09. The van der Waals surface area contributed by atoms with Crippen molar-refractivity contribution in [1.29, 1.82) is 0 Å². The van der Waals surface area contributed by atoms with E-state index in [4.69, 9.17) is 0 Å². The smallest absolute Gasteiger partial charge is 0.214 e. The van der Waals surface area contributed by atoms with E-state index in [0.717, 1.165) is 0 Å². The van der Waals surface area contributed by atoms with Gasteiger partial charge in [-0.25, -0.2) is 13.1 Å². The van der Waals surface area contributed by atoms with E-state index in [1.807, 2.05) is 0 Å². The maximum atomic E-state index is 11.2. The maximum absolute atomic E-state index is 11.2. The second kappa shape index (κ2) is 3.47. The fourth-order valence-corrected chi connectivity index (χ4v) is 1.86. The number of benzene rings is 1. The molecule has 3 nitrogen and oxygen atoms in total. The van der Waals surface area contributed by atoms with Crippen molar-refractivity contribution in [3.05, 3.63) is 24.3 Å². The first-order valence-corrected chi connectivity index (χ1v) is 5.22. The van der Waals surface area contributed by atoms with Gasteiger partial charge < -0.3 is 0 Å². The largest absolute Gasteiger partial charge is 0.240 e. The molecule has 1 aromatic carbocycles. The summed E-state index contributed by atoms with van der Waals surface area (Å²) in [4.78, 5) is 0.865. The third-order valence-corrected chi connectivity index (χ3v) is 3.09. The fourth-order valence-electron chi connectivity index (χ4n) is 0.769. The zero-order chi connectivity index (χ0) is 9.19. The highest BCUT2D eigenvalue weighted by atomic mass is 32.2. The van der Waals surface area contributed by atoms with Gasteiger partial charge in [0.2, 0.25) is 10.0 Å². The van der Waals surface area contributed by atoms with Gasteiger partial charge >= 0.3 is 0 Å². The normalized spacial score (nSPS) is 11.5. The first-order valence-electron chi connectivity index (χ1n) is 3.29. The predicted molar refractivity (Wildman–Crippen MR) is 49.9 cm³/mol. The lowest BCUT2D eigenvalue weighted by Gasteiger charge is -2.01. The average molecular weight is 203 g/mol. The summed E-state index contributed by atoms with van der Waals surface area (Å²) in [6.45, 7) is 0. The number of sulfonamides is 1. The minimum absolute atomic E-state index is 0.234. The molecule has 0 saturated heterocycles. The van der Waals surface area contributed by atoms with Crippen molar-refractivity contribution in [2.45, 2.75) is 9.79 Å². The Morgan fingerprint density at radius 2 is 2.08 bits per heavy atom. The molecule has 1 aromatic rings. The van der Waals surface area contributed by atoms with Gasteiger partial charge in [0, 0.05) is 4.90 Å². The summed E-state index contributed by atoms with van der Waals surface area (Å²) in [5.41, 5.74) is 0. The van der Waals surface area contributed by atoms with Crippen molar-refractivity contribution in [3.63, 3.8) is 0 Å². The van der Waals surface area contributed by atoms with Crippen LogP contribution < -0.4 is 4.72 Å². The van der Waals surface area contributed by atoms with Crippen molar-refractivity contribution >= 4 is 22.7 Å². The molecule has 0 aromatic heterocycles. The van der Waals surface area contributed by atoms with E-state index in [2.05, 4.69) is 17.4 Å². The van der Waals surface area contributed by atoms with Crippen LogP contribution in [0.2, 0.25) is 0 Å². The molecule has 0 unspecified atom stereocenters. The SMILES string of the molecule is CNS(=O)(=O)c1cccc(S)c1. The number of hydrogen-bond acceptors (Lipinski definition) is 3. The fraction of sp³-hybridized carbons (Fsp3) is 0.143. The Balaban J connectivity index is 3.21. The van der Waals surface area contributed by atoms with Gasteiger partial charge in [-0.05, 0) is 25.2 Å². The van der Waals surface area contributed by atoms with E-state index in [1.165, 1.54) is 19.2 Å².